The van der Waals surface area contributed by atoms with Crippen LogP contribution in [0.1, 0.15) is 54.0 Å². The second-order valence-corrected chi connectivity index (χ2v) is 6.84. The average molecular weight is 318 g/mol. The lowest BCUT2D eigenvalue weighted by Gasteiger charge is -2.07. The van der Waals surface area contributed by atoms with Gasteiger partial charge in [-0.3, -0.25) is 4.79 Å². The van der Waals surface area contributed by atoms with Gasteiger partial charge in [0.1, 0.15) is 6.33 Å². The highest BCUT2D eigenvalue weighted by Gasteiger charge is 2.26. The molecular formula is C16H22N4OS. The van der Waals surface area contributed by atoms with Crippen molar-refractivity contribution in [3.8, 4) is 0 Å². The predicted octanol–water partition coefficient (Wildman–Crippen LogP) is 3.42. The molecule has 1 fully saturated rings. The van der Waals surface area contributed by atoms with E-state index in [1.165, 1.54) is 24.6 Å². The van der Waals surface area contributed by atoms with Gasteiger partial charge in [0.2, 0.25) is 0 Å². The third-order valence-electron chi connectivity index (χ3n) is 4.13. The zero-order valence-electron chi connectivity index (χ0n) is 13.4. The molecule has 0 aliphatic heterocycles. The molecule has 118 valence electrons. The molecule has 1 aliphatic carbocycles. The van der Waals surface area contributed by atoms with E-state index in [0.29, 0.717) is 11.8 Å². The number of hydrogen-bond donors (Lipinski definition) is 0. The lowest BCUT2D eigenvalue weighted by molar-refractivity contribution is 0.102. The number of hydrogen-bond acceptors (Lipinski definition) is 4. The second-order valence-electron chi connectivity index (χ2n) is 5.90. The monoisotopic (exact) mass is 318 g/mol. The summed E-state index contributed by atoms with van der Waals surface area (Å²) in [5.74, 6) is 0.591. The number of carbonyl (C=O) groups is 1. The molecule has 2 aromatic rings. The van der Waals surface area contributed by atoms with Gasteiger partial charge >= 0.3 is 0 Å². The van der Waals surface area contributed by atoms with Crippen LogP contribution in [-0.2, 0) is 6.54 Å². The Morgan fingerprint density at radius 2 is 2.18 bits per heavy atom. The molecule has 5 nitrogen and oxygen atoms in total. The molecule has 0 N–H and O–H groups in total. The predicted molar refractivity (Wildman–Crippen MR) is 87.5 cm³/mol. The highest BCUT2D eigenvalue weighted by atomic mass is 32.2. The van der Waals surface area contributed by atoms with Gasteiger partial charge < -0.3 is 9.13 Å². The molecule has 22 heavy (non-hydrogen) atoms. The number of nitrogens with zero attached hydrogens (tertiary/aromatic N) is 4. The van der Waals surface area contributed by atoms with Gasteiger partial charge in [-0.2, -0.15) is 0 Å². The van der Waals surface area contributed by atoms with Crippen molar-refractivity contribution in [2.75, 3.05) is 5.75 Å². The number of aryl methyl sites for hydroxylation is 1. The highest BCUT2D eigenvalue weighted by molar-refractivity contribution is 7.99. The van der Waals surface area contributed by atoms with Crippen LogP contribution >= 0.6 is 11.8 Å². The van der Waals surface area contributed by atoms with Gasteiger partial charge in [-0.05, 0) is 39.2 Å². The topological polar surface area (TPSA) is 52.7 Å². The van der Waals surface area contributed by atoms with E-state index in [0.717, 1.165) is 35.1 Å². The molecule has 2 aromatic heterocycles. The zero-order valence-corrected chi connectivity index (χ0v) is 14.2. The van der Waals surface area contributed by atoms with Gasteiger partial charge in [0.15, 0.2) is 10.9 Å². The van der Waals surface area contributed by atoms with Crippen LogP contribution in [0, 0.1) is 13.8 Å². The van der Waals surface area contributed by atoms with Crippen molar-refractivity contribution in [1.82, 2.24) is 19.3 Å². The third-order valence-corrected chi connectivity index (χ3v) is 5.09. The lowest BCUT2D eigenvalue weighted by atomic mass is 10.2. The minimum Gasteiger partial charge on any atom is -0.348 e. The number of rotatable bonds is 7. The SMILES string of the molecule is CCCn1c(C)cc(C(=O)CSc2nncn2C2CC2)c1C. The third kappa shape index (κ3) is 2.97. The van der Waals surface area contributed by atoms with Crippen LogP contribution in [0.3, 0.4) is 0 Å². The minimum atomic E-state index is 0.172. The quantitative estimate of drug-likeness (QED) is 0.580. The number of Topliss-reactive ketones (excluding diaryl/α,β-unsaturated/α-hetero) is 1. The Kier molecular flexibility index (Phi) is 4.38. The van der Waals surface area contributed by atoms with Crippen LogP contribution in [0.4, 0.5) is 0 Å². The number of thioether (sulfide) groups is 1. The first-order valence-electron chi connectivity index (χ1n) is 7.84. The molecule has 0 radical (unpaired) electrons. The molecule has 0 spiro atoms. The number of carbonyl (C=O) groups excluding carboxylic acids is 1. The summed E-state index contributed by atoms with van der Waals surface area (Å²) >= 11 is 1.49. The maximum Gasteiger partial charge on any atom is 0.191 e. The minimum absolute atomic E-state index is 0.172. The van der Waals surface area contributed by atoms with Gasteiger partial charge in [0, 0.05) is 29.5 Å². The Labute approximate surface area is 135 Å². The summed E-state index contributed by atoms with van der Waals surface area (Å²) in [5.41, 5.74) is 3.08. The van der Waals surface area contributed by atoms with E-state index in [1.807, 2.05) is 13.0 Å². The standard InChI is InChI=1S/C16H22N4OS/c1-4-7-19-11(2)8-14(12(19)3)15(21)9-22-16-18-17-10-20(16)13-5-6-13/h8,10,13H,4-7,9H2,1-3H3. The molecule has 2 heterocycles. The Balaban J connectivity index is 1.69. The van der Waals surface area contributed by atoms with Crippen LogP contribution in [0.15, 0.2) is 17.6 Å². The summed E-state index contributed by atoms with van der Waals surface area (Å²) in [5, 5.41) is 8.97. The molecule has 3 rings (SSSR count). The molecule has 1 aliphatic rings. The molecule has 0 atom stereocenters. The summed E-state index contributed by atoms with van der Waals surface area (Å²) in [6.45, 7) is 7.22. The maximum atomic E-state index is 12.5. The fourth-order valence-electron chi connectivity index (χ4n) is 2.80. The smallest absolute Gasteiger partial charge is 0.191 e. The van der Waals surface area contributed by atoms with Gasteiger partial charge in [-0.25, -0.2) is 0 Å². The van der Waals surface area contributed by atoms with Gasteiger partial charge in [0.05, 0.1) is 5.75 Å². The van der Waals surface area contributed by atoms with Crippen molar-refractivity contribution in [3.63, 3.8) is 0 Å². The molecular weight excluding hydrogens is 296 g/mol. The molecule has 0 aromatic carbocycles. The van der Waals surface area contributed by atoms with Crippen molar-refractivity contribution >= 4 is 17.5 Å². The summed E-state index contributed by atoms with van der Waals surface area (Å²) in [6.07, 6.45) is 5.23. The Morgan fingerprint density at radius 3 is 2.86 bits per heavy atom. The Bertz CT molecular complexity index is 684. The van der Waals surface area contributed by atoms with Crippen LogP contribution in [0.5, 0.6) is 0 Å². The first kappa shape index (κ1) is 15.3. The Morgan fingerprint density at radius 1 is 1.41 bits per heavy atom. The summed E-state index contributed by atoms with van der Waals surface area (Å²) in [6, 6.07) is 2.56. The fraction of sp³-hybridized carbons (Fsp3) is 0.562. The van der Waals surface area contributed by atoms with Crippen molar-refractivity contribution in [2.45, 2.75) is 57.8 Å². The molecule has 0 bridgehead atoms. The van der Waals surface area contributed by atoms with Crippen LogP contribution in [0.2, 0.25) is 0 Å². The molecule has 1 saturated carbocycles. The van der Waals surface area contributed by atoms with Gasteiger partial charge in [-0.15, -0.1) is 10.2 Å². The van der Waals surface area contributed by atoms with E-state index in [4.69, 9.17) is 0 Å². The van der Waals surface area contributed by atoms with E-state index >= 15 is 0 Å². The van der Waals surface area contributed by atoms with Gasteiger partial charge in [0.25, 0.3) is 0 Å². The molecule has 0 amide bonds. The number of aromatic nitrogens is 4. The van der Waals surface area contributed by atoms with E-state index in [2.05, 4.69) is 33.2 Å². The Hall–Kier alpha value is -1.56. The molecule has 0 saturated heterocycles. The van der Waals surface area contributed by atoms with E-state index in [9.17, 15) is 4.79 Å². The van der Waals surface area contributed by atoms with Gasteiger partial charge in [-0.1, -0.05) is 18.7 Å². The number of ketones is 1. The summed E-state index contributed by atoms with van der Waals surface area (Å²) < 4.78 is 4.32. The van der Waals surface area contributed by atoms with E-state index < -0.39 is 0 Å². The van der Waals surface area contributed by atoms with Crippen molar-refractivity contribution in [2.24, 2.45) is 0 Å². The van der Waals surface area contributed by atoms with Crippen LogP contribution in [-0.4, -0.2) is 30.9 Å². The second kappa shape index (κ2) is 6.28. The van der Waals surface area contributed by atoms with Crippen LogP contribution in [0.25, 0.3) is 0 Å². The fourth-order valence-corrected chi connectivity index (χ4v) is 3.66. The molecule has 6 heteroatoms. The normalized spacial score (nSPS) is 14.5. The first-order valence-corrected chi connectivity index (χ1v) is 8.82. The van der Waals surface area contributed by atoms with Crippen LogP contribution < -0.4 is 0 Å². The maximum absolute atomic E-state index is 12.5. The summed E-state index contributed by atoms with van der Waals surface area (Å²) in [4.78, 5) is 12.5. The van der Waals surface area contributed by atoms with E-state index in [-0.39, 0.29) is 5.78 Å². The highest BCUT2D eigenvalue weighted by Crippen LogP contribution is 2.37. The van der Waals surface area contributed by atoms with E-state index in [1.54, 1.807) is 6.33 Å². The van der Waals surface area contributed by atoms with Crippen molar-refractivity contribution in [1.29, 1.82) is 0 Å². The lowest BCUT2D eigenvalue weighted by Crippen LogP contribution is -2.07. The largest absolute Gasteiger partial charge is 0.348 e. The zero-order chi connectivity index (χ0) is 15.7. The molecule has 0 unspecified atom stereocenters. The average Bonchev–Trinajstić information content (AvgIpc) is 3.18. The summed E-state index contributed by atoms with van der Waals surface area (Å²) in [7, 11) is 0. The van der Waals surface area contributed by atoms with Crippen molar-refractivity contribution in [3.05, 3.63) is 29.3 Å². The first-order chi connectivity index (χ1) is 10.6. The van der Waals surface area contributed by atoms with Crippen molar-refractivity contribution < 1.29 is 4.79 Å².